The Morgan fingerprint density at radius 2 is 2.05 bits per heavy atom. The fourth-order valence-corrected chi connectivity index (χ4v) is 6.84. The van der Waals surface area contributed by atoms with E-state index in [-0.39, 0.29) is 5.78 Å². The average Bonchev–Trinajstić information content (AvgIpc) is 3.13. The minimum absolute atomic E-state index is 0.118. The lowest BCUT2D eigenvalue weighted by molar-refractivity contribution is -0.116. The molecule has 0 amide bonds. The number of hydrogen-bond donors (Lipinski definition) is 0. The zero-order valence-electron chi connectivity index (χ0n) is 12.1. The predicted octanol–water partition coefficient (Wildman–Crippen LogP) is 3.75. The minimum Gasteiger partial charge on any atom is -0.292 e. The lowest BCUT2D eigenvalue weighted by atomic mass is 9.83. The summed E-state index contributed by atoms with van der Waals surface area (Å²) in [5.41, 5.74) is 3.28. The van der Waals surface area contributed by atoms with Crippen molar-refractivity contribution >= 4 is 28.3 Å². The number of ketones is 1. The van der Waals surface area contributed by atoms with Crippen molar-refractivity contribution in [3.05, 3.63) is 50.8 Å². The van der Waals surface area contributed by atoms with Crippen LogP contribution in [0.2, 0.25) is 0 Å². The van der Waals surface area contributed by atoms with E-state index >= 15 is 0 Å². The van der Waals surface area contributed by atoms with Gasteiger partial charge in [-0.25, -0.2) is 0 Å². The van der Waals surface area contributed by atoms with Crippen LogP contribution in [0, 0.1) is 0 Å². The fourth-order valence-electron chi connectivity index (χ4n) is 3.52. The Hall–Kier alpha value is -1.13. The molecule has 21 heavy (non-hydrogen) atoms. The van der Waals surface area contributed by atoms with Crippen molar-refractivity contribution in [2.45, 2.75) is 42.8 Å². The van der Waals surface area contributed by atoms with Gasteiger partial charge in [-0.05, 0) is 30.0 Å². The molecule has 2 nitrogen and oxygen atoms in total. The number of rotatable bonds is 2. The zero-order chi connectivity index (χ0) is 14.8. The van der Waals surface area contributed by atoms with Gasteiger partial charge in [-0.3, -0.25) is 9.00 Å². The van der Waals surface area contributed by atoms with Gasteiger partial charge in [0.25, 0.3) is 0 Å². The van der Waals surface area contributed by atoms with E-state index in [9.17, 15) is 9.00 Å². The van der Waals surface area contributed by atoms with Crippen LogP contribution < -0.4 is 0 Å². The summed E-state index contributed by atoms with van der Waals surface area (Å²) in [6.07, 6.45) is 2.19. The molecule has 1 aliphatic carbocycles. The van der Waals surface area contributed by atoms with Gasteiger partial charge in [0.2, 0.25) is 0 Å². The maximum Gasteiger partial charge on any atom is 0.184 e. The molecule has 1 fully saturated rings. The summed E-state index contributed by atoms with van der Waals surface area (Å²) >= 11 is 1.69. The maximum absolute atomic E-state index is 12.9. The first-order chi connectivity index (χ1) is 10.1. The molecule has 3 aliphatic rings. The average molecular weight is 316 g/mol. The molecule has 4 heteroatoms. The SMILES string of the molecule is CCC1=C2S(=O)C2(CC)C(=O)C2=C1Sc1ccccc1C2. The van der Waals surface area contributed by atoms with E-state index in [1.807, 2.05) is 19.1 Å². The number of hydrogen-bond acceptors (Lipinski definition) is 3. The summed E-state index contributed by atoms with van der Waals surface area (Å²) < 4.78 is 11.8. The van der Waals surface area contributed by atoms with Gasteiger partial charge in [0, 0.05) is 26.7 Å². The highest BCUT2D eigenvalue weighted by Gasteiger charge is 2.67. The quantitative estimate of drug-likeness (QED) is 0.779. The van der Waals surface area contributed by atoms with E-state index < -0.39 is 15.5 Å². The van der Waals surface area contributed by atoms with Crippen LogP contribution in [0.3, 0.4) is 0 Å². The molecule has 1 aromatic rings. The number of thioether (sulfide) groups is 1. The molecule has 2 atom stereocenters. The van der Waals surface area contributed by atoms with Crippen molar-refractivity contribution in [1.29, 1.82) is 0 Å². The van der Waals surface area contributed by atoms with Crippen molar-refractivity contribution in [3.63, 3.8) is 0 Å². The van der Waals surface area contributed by atoms with Gasteiger partial charge in [-0.15, -0.1) is 0 Å². The fraction of sp³-hybridized carbons (Fsp3) is 0.353. The third kappa shape index (κ3) is 1.55. The molecule has 0 spiro atoms. The summed E-state index contributed by atoms with van der Waals surface area (Å²) in [6.45, 7) is 4.07. The van der Waals surface area contributed by atoms with Crippen LogP contribution in [0.5, 0.6) is 0 Å². The van der Waals surface area contributed by atoms with Crippen molar-refractivity contribution in [2.75, 3.05) is 0 Å². The van der Waals surface area contributed by atoms with E-state index in [1.54, 1.807) is 11.8 Å². The molecule has 0 saturated carbocycles. The Kier molecular flexibility index (Phi) is 2.86. The largest absolute Gasteiger partial charge is 0.292 e. The monoisotopic (exact) mass is 316 g/mol. The Balaban J connectivity index is 1.90. The first kappa shape index (κ1) is 13.5. The highest BCUT2D eigenvalue weighted by Crippen LogP contribution is 2.60. The molecular formula is C17H16O2S2. The summed E-state index contributed by atoms with van der Waals surface area (Å²) in [4.78, 5) is 16.2. The van der Waals surface area contributed by atoms with Gasteiger partial charge >= 0.3 is 0 Å². The Morgan fingerprint density at radius 1 is 1.29 bits per heavy atom. The Bertz CT molecular complexity index is 773. The smallest absolute Gasteiger partial charge is 0.184 e. The molecule has 4 rings (SSSR count). The van der Waals surface area contributed by atoms with E-state index in [2.05, 4.69) is 19.1 Å². The molecule has 2 aliphatic heterocycles. The molecule has 0 N–H and O–H groups in total. The lowest BCUT2D eigenvalue weighted by Gasteiger charge is -2.27. The van der Waals surface area contributed by atoms with Gasteiger partial charge in [0.05, 0.1) is 10.8 Å². The van der Waals surface area contributed by atoms with Crippen LogP contribution in [0.15, 0.2) is 50.1 Å². The summed E-state index contributed by atoms with van der Waals surface area (Å²) in [6, 6.07) is 8.25. The van der Waals surface area contributed by atoms with Crippen LogP contribution >= 0.6 is 11.8 Å². The number of fused-ring (bicyclic) bond motifs is 2. The number of allylic oxidation sites excluding steroid dienone is 2. The van der Waals surface area contributed by atoms with Crippen molar-refractivity contribution in [2.24, 2.45) is 0 Å². The second kappa shape index (κ2) is 4.43. The first-order valence-corrected chi connectivity index (χ1v) is 9.31. The van der Waals surface area contributed by atoms with E-state index in [4.69, 9.17) is 0 Å². The lowest BCUT2D eigenvalue weighted by Crippen LogP contribution is -2.31. The molecule has 0 aromatic heterocycles. The molecule has 108 valence electrons. The molecule has 0 bridgehead atoms. The van der Waals surface area contributed by atoms with Crippen LogP contribution in [0.25, 0.3) is 0 Å². The van der Waals surface area contributed by atoms with Gasteiger partial charge in [-0.2, -0.15) is 0 Å². The predicted molar refractivity (Wildman–Crippen MR) is 86.5 cm³/mol. The van der Waals surface area contributed by atoms with E-state index in [0.717, 1.165) is 21.8 Å². The van der Waals surface area contributed by atoms with Crippen molar-refractivity contribution in [1.82, 2.24) is 0 Å². The van der Waals surface area contributed by atoms with Crippen molar-refractivity contribution < 1.29 is 9.00 Å². The Labute approximate surface area is 131 Å². The molecule has 0 radical (unpaired) electrons. The zero-order valence-corrected chi connectivity index (χ0v) is 13.7. The molecule has 1 saturated heterocycles. The summed E-state index contributed by atoms with van der Waals surface area (Å²) in [5, 5.41) is 0. The third-order valence-corrected chi connectivity index (χ3v) is 8.08. The molecule has 1 aromatic carbocycles. The third-order valence-electron chi connectivity index (χ3n) is 4.69. The molecule has 2 unspecified atom stereocenters. The van der Waals surface area contributed by atoms with Crippen molar-refractivity contribution in [3.8, 4) is 0 Å². The van der Waals surface area contributed by atoms with Gasteiger partial charge in [0.1, 0.15) is 4.75 Å². The minimum atomic E-state index is -1.10. The summed E-state index contributed by atoms with van der Waals surface area (Å²) in [7, 11) is -1.10. The van der Waals surface area contributed by atoms with Crippen LogP contribution in [0.4, 0.5) is 0 Å². The van der Waals surface area contributed by atoms with E-state index in [0.29, 0.717) is 12.8 Å². The van der Waals surface area contributed by atoms with Crippen LogP contribution in [-0.4, -0.2) is 14.7 Å². The second-order valence-corrected chi connectivity index (χ2v) is 8.33. The highest BCUT2D eigenvalue weighted by atomic mass is 32.2. The number of carbonyl (C=O) groups is 1. The number of carbonyl (C=O) groups excluding carboxylic acids is 1. The van der Waals surface area contributed by atoms with Gasteiger partial charge in [-0.1, -0.05) is 43.8 Å². The highest BCUT2D eigenvalue weighted by molar-refractivity contribution is 8.04. The topological polar surface area (TPSA) is 34.1 Å². The number of Topliss-reactive ketones (excluding diaryl/α,β-unsaturated/α-hetero) is 1. The van der Waals surface area contributed by atoms with Gasteiger partial charge < -0.3 is 0 Å². The molecular weight excluding hydrogens is 300 g/mol. The normalized spacial score (nSPS) is 30.0. The van der Waals surface area contributed by atoms with Gasteiger partial charge in [0.15, 0.2) is 5.78 Å². The van der Waals surface area contributed by atoms with Crippen LogP contribution in [0.1, 0.15) is 32.3 Å². The Morgan fingerprint density at radius 3 is 2.76 bits per heavy atom. The summed E-state index contributed by atoms with van der Waals surface area (Å²) in [5.74, 6) is 0.118. The first-order valence-electron chi connectivity index (χ1n) is 7.34. The number of benzene rings is 1. The second-order valence-electron chi connectivity index (χ2n) is 5.63. The maximum atomic E-state index is 12.9. The molecule has 2 heterocycles. The van der Waals surface area contributed by atoms with Crippen LogP contribution in [-0.2, 0) is 22.0 Å². The standard InChI is InChI=1S/C17H16O2S2/c1-3-11-14-12(9-10-7-5-6-8-13(10)20-14)15(18)17(4-2)16(11)21(17)19/h5-8H,3-4,9H2,1-2H3. The van der Waals surface area contributed by atoms with E-state index in [1.165, 1.54) is 16.0 Å².